The maximum atomic E-state index is 12.7. The number of hydrazine groups is 1. The first-order valence-electron chi connectivity index (χ1n) is 9.72. The second-order valence-corrected chi connectivity index (χ2v) is 7.37. The van der Waals surface area contributed by atoms with Crippen LogP contribution in [0.3, 0.4) is 0 Å². The second-order valence-electron chi connectivity index (χ2n) is 6.96. The van der Waals surface area contributed by atoms with E-state index in [0.29, 0.717) is 5.02 Å². The lowest BCUT2D eigenvalue weighted by molar-refractivity contribution is -0.126. The van der Waals surface area contributed by atoms with Crippen molar-refractivity contribution in [3.63, 3.8) is 0 Å². The van der Waals surface area contributed by atoms with Crippen molar-refractivity contribution < 1.29 is 14.4 Å². The molecule has 1 atom stereocenters. The number of benzene rings is 2. The summed E-state index contributed by atoms with van der Waals surface area (Å²) >= 11 is 6.00. The standard InChI is InChI=1S/C22H24ClN3O3/c1-3-14-8-7-9-15(4-2)20(14)26-13-16(12-19(26)27)21(28)24-25-22(29)17-10-5-6-11-18(17)23/h5-11,16H,3-4,12-13H2,1-2H3,(H,24,28)(H,25,29)/t16-/m0/s1. The second kappa shape index (κ2) is 9.09. The highest BCUT2D eigenvalue weighted by atomic mass is 35.5. The molecule has 0 spiro atoms. The Balaban J connectivity index is 1.68. The Bertz CT molecular complexity index is 922. The number of carbonyl (C=O) groups excluding carboxylic acids is 3. The number of nitrogens with one attached hydrogen (secondary N) is 2. The minimum Gasteiger partial charge on any atom is -0.311 e. The quantitative estimate of drug-likeness (QED) is 0.738. The van der Waals surface area contributed by atoms with Gasteiger partial charge in [0.2, 0.25) is 11.8 Å². The lowest BCUT2D eigenvalue weighted by atomic mass is 10.0. The number of carbonyl (C=O) groups is 3. The predicted octanol–water partition coefficient (Wildman–Crippen LogP) is 3.28. The summed E-state index contributed by atoms with van der Waals surface area (Å²) in [5.74, 6) is -1.52. The zero-order valence-corrected chi connectivity index (χ0v) is 17.3. The number of rotatable bonds is 5. The zero-order chi connectivity index (χ0) is 21.0. The van der Waals surface area contributed by atoms with E-state index in [2.05, 4.69) is 10.9 Å². The molecule has 2 aromatic rings. The normalized spacial score (nSPS) is 16.0. The van der Waals surface area contributed by atoms with Gasteiger partial charge < -0.3 is 4.90 Å². The van der Waals surface area contributed by atoms with Gasteiger partial charge >= 0.3 is 0 Å². The Morgan fingerprint density at radius 3 is 2.31 bits per heavy atom. The van der Waals surface area contributed by atoms with E-state index in [1.54, 1.807) is 29.2 Å². The molecule has 1 aliphatic rings. The van der Waals surface area contributed by atoms with Crippen LogP contribution in [0.15, 0.2) is 42.5 Å². The fraction of sp³-hybridized carbons (Fsp3) is 0.318. The minimum absolute atomic E-state index is 0.0850. The SMILES string of the molecule is CCc1cccc(CC)c1N1C[C@@H](C(=O)NNC(=O)c2ccccc2Cl)CC1=O. The molecule has 2 N–H and O–H groups in total. The van der Waals surface area contributed by atoms with Crippen molar-refractivity contribution in [2.75, 3.05) is 11.4 Å². The van der Waals surface area contributed by atoms with E-state index in [0.717, 1.165) is 29.7 Å². The molecule has 1 heterocycles. The summed E-state index contributed by atoms with van der Waals surface area (Å²) in [4.78, 5) is 39.2. The molecule has 0 bridgehead atoms. The molecule has 1 aliphatic heterocycles. The third-order valence-corrected chi connectivity index (χ3v) is 5.48. The Morgan fingerprint density at radius 2 is 1.69 bits per heavy atom. The van der Waals surface area contributed by atoms with Gasteiger partial charge in [-0.25, -0.2) is 0 Å². The van der Waals surface area contributed by atoms with E-state index in [-0.39, 0.29) is 24.4 Å². The van der Waals surface area contributed by atoms with Crippen molar-refractivity contribution >= 4 is 35.0 Å². The van der Waals surface area contributed by atoms with Crippen molar-refractivity contribution in [2.24, 2.45) is 5.92 Å². The van der Waals surface area contributed by atoms with Crippen molar-refractivity contribution in [3.05, 3.63) is 64.2 Å². The van der Waals surface area contributed by atoms with Crippen LogP contribution in [0.2, 0.25) is 5.02 Å². The molecule has 7 heteroatoms. The Kier molecular flexibility index (Phi) is 6.54. The Labute approximate surface area is 175 Å². The van der Waals surface area contributed by atoms with Gasteiger partial charge in [0.15, 0.2) is 0 Å². The third kappa shape index (κ3) is 4.43. The number of halogens is 1. The molecular weight excluding hydrogens is 390 g/mol. The fourth-order valence-corrected chi connectivity index (χ4v) is 3.82. The fourth-order valence-electron chi connectivity index (χ4n) is 3.59. The first-order chi connectivity index (χ1) is 14.0. The minimum atomic E-state index is -0.538. The molecule has 6 nitrogen and oxygen atoms in total. The summed E-state index contributed by atoms with van der Waals surface area (Å²) in [6, 6.07) is 12.6. The molecule has 1 fully saturated rings. The molecule has 0 aliphatic carbocycles. The number of hydrogen-bond acceptors (Lipinski definition) is 3. The molecular formula is C22H24ClN3O3. The van der Waals surface area contributed by atoms with Crippen LogP contribution in [0.5, 0.6) is 0 Å². The molecule has 29 heavy (non-hydrogen) atoms. The van der Waals surface area contributed by atoms with Crippen molar-refractivity contribution in [1.29, 1.82) is 0 Å². The zero-order valence-electron chi connectivity index (χ0n) is 16.5. The first kappa shape index (κ1) is 20.9. The van der Waals surface area contributed by atoms with Gasteiger partial charge in [-0.2, -0.15) is 0 Å². The largest absolute Gasteiger partial charge is 0.311 e. The maximum Gasteiger partial charge on any atom is 0.271 e. The van der Waals surface area contributed by atoms with Gasteiger partial charge in [-0.15, -0.1) is 0 Å². The van der Waals surface area contributed by atoms with Gasteiger partial charge in [0, 0.05) is 18.7 Å². The van der Waals surface area contributed by atoms with Gasteiger partial charge in [0.05, 0.1) is 16.5 Å². The monoisotopic (exact) mass is 413 g/mol. The van der Waals surface area contributed by atoms with E-state index in [1.165, 1.54) is 0 Å². The van der Waals surface area contributed by atoms with Crippen LogP contribution in [0.4, 0.5) is 5.69 Å². The average Bonchev–Trinajstić information content (AvgIpc) is 3.12. The van der Waals surface area contributed by atoms with Gasteiger partial charge in [-0.1, -0.05) is 55.8 Å². The van der Waals surface area contributed by atoms with E-state index >= 15 is 0 Å². The number of nitrogens with zero attached hydrogens (tertiary/aromatic N) is 1. The number of aryl methyl sites for hydroxylation is 2. The summed E-state index contributed by atoms with van der Waals surface area (Å²) in [7, 11) is 0. The van der Waals surface area contributed by atoms with E-state index in [1.807, 2.05) is 32.0 Å². The topological polar surface area (TPSA) is 78.5 Å². The molecule has 0 radical (unpaired) electrons. The lowest BCUT2D eigenvalue weighted by Crippen LogP contribution is -2.45. The highest BCUT2D eigenvalue weighted by Gasteiger charge is 2.36. The van der Waals surface area contributed by atoms with Crippen LogP contribution in [-0.4, -0.2) is 24.3 Å². The summed E-state index contributed by atoms with van der Waals surface area (Å²) in [6.45, 7) is 4.39. The van der Waals surface area contributed by atoms with Crippen LogP contribution in [-0.2, 0) is 22.4 Å². The van der Waals surface area contributed by atoms with Crippen LogP contribution >= 0.6 is 11.6 Å². The molecule has 0 saturated carbocycles. The third-order valence-electron chi connectivity index (χ3n) is 5.15. The number of amides is 3. The van der Waals surface area contributed by atoms with Gasteiger partial charge in [0.25, 0.3) is 5.91 Å². The summed E-state index contributed by atoms with van der Waals surface area (Å²) in [5, 5.41) is 0.296. The van der Waals surface area contributed by atoms with Crippen molar-refractivity contribution in [2.45, 2.75) is 33.1 Å². The number of hydrogen-bond donors (Lipinski definition) is 2. The van der Waals surface area contributed by atoms with E-state index < -0.39 is 17.7 Å². The Hall–Kier alpha value is -2.86. The van der Waals surface area contributed by atoms with Gasteiger partial charge in [-0.05, 0) is 36.1 Å². The molecule has 3 rings (SSSR count). The smallest absolute Gasteiger partial charge is 0.271 e. The molecule has 0 unspecified atom stereocenters. The number of anilines is 1. The van der Waals surface area contributed by atoms with E-state index in [4.69, 9.17) is 11.6 Å². The first-order valence-corrected chi connectivity index (χ1v) is 10.1. The molecule has 3 amide bonds. The molecule has 0 aromatic heterocycles. The molecule has 152 valence electrons. The Morgan fingerprint density at radius 1 is 1.03 bits per heavy atom. The van der Waals surface area contributed by atoms with Crippen LogP contribution in [0, 0.1) is 5.92 Å². The van der Waals surface area contributed by atoms with Crippen LogP contribution < -0.4 is 15.8 Å². The van der Waals surface area contributed by atoms with Gasteiger partial charge in [-0.3, -0.25) is 25.2 Å². The predicted molar refractivity (Wildman–Crippen MR) is 113 cm³/mol. The average molecular weight is 414 g/mol. The number of para-hydroxylation sites is 1. The van der Waals surface area contributed by atoms with Crippen molar-refractivity contribution in [1.82, 2.24) is 10.9 Å². The summed E-state index contributed by atoms with van der Waals surface area (Å²) in [6.07, 6.45) is 1.71. The van der Waals surface area contributed by atoms with E-state index in [9.17, 15) is 14.4 Å². The van der Waals surface area contributed by atoms with Gasteiger partial charge in [0.1, 0.15) is 0 Å². The maximum absolute atomic E-state index is 12.7. The lowest BCUT2D eigenvalue weighted by Gasteiger charge is -2.23. The molecule has 2 aromatic carbocycles. The van der Waals surface area contributed by atoms with Crippen molar-refractivity contribution in [3.8, 4) is 0 Å². The highest BCUT2D eigenvalue weighted by molar-refractivity contribution is 6.33. The van der Waals surface area contributed by atoms with Crippen LogP contribution in [0.25, 0.3) is 0 Å². The highest BCUT2D eigenvalue weighted by Crippen LogP contribution is 2.32. The molecule has 1 saturated heterocycles. The summed E-state index contributed by atoms with van der Waals surface area (Å²) < 4.78 is 0. The van der Waals surface area contributed by atoms with Crippen LogP contribution in [0.1, 0.15) is 41.8 Å². The summed E-state index contributed by atoms with van der Waals surface area (Å²) in [5.41, 5.74) is 8.16.